The molecule has 0 fully saturated rings. The highest BCUT2D eigenvalue weighted by Crippen LogP contribution is 2.43. The van der Waals surface area contributed by atoms with Crippen LogP contribution < -0.4 is 9.47 Å². The summed E-state index contributed by atoms with van der Waals surface area (Å²) in [7, 11) is 1.55. The van der Waals surface area contributed by atoms with Crippen LogP contribution in [0.25, 0.3) is 11.0 Å². The summed E-state index contributed by atoms with van der Waals surface area (Å²) < 4.78 is 16.6. The number of ether oxygens (including phenoxy) is 2. The predicted octanol–water partition coefficient (Wildman–Crippen LogP) is 3.19. The summed E-state index contributed by atoms with van der Waals surface area (Å²) in [6.45, 7) is 3.79. The number of hydrogen-bond acceptors (Lipinski definition) is 4. The quantitative estimate of drug-likeness (QED) is 0.775. The first-order valence-electron chi connectivity index (χ1n) is 5.82. The number of methoxy groups -OCH3 is 1. The average Bonchev–Trinajstić information content (AvgIpc) is 2.71. The highest BCUT2D eigenvalue weighted by atomic mass is 16.5. The summed E-state index contributed by atoms with van der Waals surface area (Å²) in [4.78, 5) is 12.3. The number of fused-ring (bicyclic) bond motifs is 2. The number of hydrogen-bond donors (Lipinski definition) is 0. The first-order chi connectivity index (χ1) is 8.52. The van der Waals surface area contributed by atoms with Crippen LogP contribution in [0.5, 0.6) is 11.5 Å². The standard InChI is InChI=1S/C14H14O4/c1-14(2)7-9(15)12-11(18-14)6-10-8(4-5-17-10)13(12)16-3/h4-6H,7H2,1-3H3. The van der Waals surface area contributed by atoms with Crippen molar-refractivity contribution in [3.63, 3.8) is 0 Å². The minimum absolute atomic E-state index is 0.0428. The van der Waals surface area contributed by atoms with Crippen molar-refractivity contribution in [3.8, 4) is 11.5 Å². The van der Waals surface area contributed by atoms with E-state index in [0.717, 1.165) is 5.39 Å². The molecule has 0 spiro atoms. The molecule has 0 saturated heterocycles. The molecule has 2 aromatic rings. The summed E-state index contributed by atoms with van der Waals surface area (Å²) in [6, 6.07) is 3.55. The second-order valence-corrected chi connectivity index (χ2v) is 5.08. The minimum Gasteiger partial charge on any atom is -0.495 e. The molecule has 94 valence electrons. The molecular weight excluding hydrogens is 232 g/mol. The van der Waals surface area contributed by atoms with E-state index < -0.39 is 5.60 Å². The molecule has 0 aliphatic carbocycles. The number of ketones is 1. The summed E-state index contributed by atoms with van der Waals surface area (Å²) >= 11 is 0. The van der Waals surface area contributed by atoms with E-state index in [1.54, 1.807) is 25.5 Å². The lowest BCUT2D eigenvalue weighted by molar-refractivity contribution is 0.0615. The Morgan fingerprint density at radius 3 is 2.89 bits per heavy atom. The van der Waals surface area contributed by atoms with Crippen LogP contribution >= 0.6 is 0 Å². The molecule has 0 saturated carbocycles. The third-order valence-corrected chi connectivity index (χ3v) is 3.13. The van der Waals surface area contributed by atoms with Gasteiger partial charge in [-0.2, -0.15) is 0 Å². The zero-order valence-corrected chi connectivity index (χ0v) is 10.6. The molecule has 1 aromatic heterocycles. The van der Waals surface area contributed by atoms with E-state index >= 15 is 0 Å². The van der Waals surface area contributed by atoms with Crippen molar-refractivity contribution in [1.29, 1.82) is 0 Å². The number of rotatable bonds is 1. The van der Waals surface area contributed by atoms with Crippen molar-refractivity contribution in [1.82, 2.24) is 0 Å². The summed E-state index contributed by atoms with van der Waals surface area (Å²) in [5, 5.41) is 0.799. The van der Waals surface area contributed by atoms with Crippen molar-refractivity contribution in [2.45, 2.75) is 25.9 Å². The van der Waals surface area contributed by atoms with Gasteiger partial charge in [0, 0.05) is 6.07 Å². The Labute approximate surface area is 104 Å². The van der Waals surface area contributed by atoms with Crippen LogP contribution in [0.15, 0.2) is 22.8 Å². The lowest BCUT2D eigenvalue weighted by atomic mass is 9.92. The van der Waals surface area contributed by atoms with Crippen LogP contribution in [0.4, 0.5) is 0 Å². The molecule has 0 unspecified atom stereocenters. The highest BCUT2D eigenvalue weighted by molar-refractivity contribution is 6.08. The fraction of sp³-hybridized carbons (Fsp3) is 0.357. The Hall–Kier alpha value is -1.97. The first kappa shape index (κ1) is 11.1. The molecule has 4 heteroatoms. The van der Waals surface area contributed by atoms with Crippen molar-refractivity contribution >= 4 is 16.8 Å². The Morgan fingerprint density at radius 1 is 1.39 bits per heavy atom. The van der Waals surface area contributed by atoms with Crippen molar-refractivity contribution in [2.75, 3.05) is 7.11 Å². The first-order valence-corrected chi connectivity index (χ1v) is 5.82. The van der Waals surface area contributed by atoms with Gasteiger partial charge in [0.2, 0.25) is 0 Å². The van der Waals surface area contributed by atoms with E-state index in [1.807, 2.05) is 13.8 Å². The Kier molecular flexibility index (Phi) is 2.17. The second-order valence-electron chi connectivity index (χ2n) is 5.08. The third kappa shape index (κ3) is 1.49. The molecular formula is C14H14O4. The van der Waals surface area contributed by atoms with E-state index in [-0.39, 0.29) is 5.78 Å². The number of furan rings is 1. The molecule has 3 rings (SSSR count). The van der Waals surface area contributed by atoms with Crippen molar-refractivity contribution in [2.24, 2.45) is 0 Å². The van der Waals surface area contributed by atoms with Crippen molar-refractivity contribution < 1.29 is 18.7 Å². The maximum atomic E-state index is 12.3. The Morgan fingerprint density at radius 2 is 2.17 bits per heavy atom. The van der Waals surface area contributed by atoms with Gasteiger partial charge < -0.3 is 13.9 Å². The monoisotopic (exact) mass is 246 g/mol. The molecule has 1 aliphatic rings. The van der Waals surface area contributed by atoms with Crippen LogP contribution in [0, 0.1) is 0 Å². The third-order valence-electron chi connectivity index (χ3n) is 3.13. The zero-order chi connectivity index (χ0) is 12.9. The summed E-state index contributed by atoms with van der Waals surface area (Å²) in [5.41, 5.74) is 0.692. The number of Topliss-reactive ketones (excluding diaryl/α,β-unsaturated/α-hetero) is 1. The topological polar surface area (TPSA) is 48.7 Å². The summed E-state index contributed by atoms with van der Waals surface area (Å²) in [5.74, 6) is 1.12. The molecule has 0 N–H and O–H groups in total. The van der Waals surface area contributed by atoms with E-state index in [4.69, 9.17) is 13.9 Å². The van der Waals surface area contributed by atoms with Gasteiger partial charge in [0.1, 0.15) is 28.2 Å². The molecule has 0 bridgehead atoms. The normalized spacial score (nSPS) is 17.4. The van der Waals surface area contributed by atoms with E-state index in [9.17, 15) is 4.79 Å². The molecule has 0 atom stereocenters. The minimum atomic E-state index is -0.491. The lowest BCUT2D eigenvalue weighted by Crippen LogP contribution is -2.36. The van der Waals surface area contributed by atoms with Gasteiger partial charge in [-0.05, 0) is 19.9 Å². The van der Waals surface area contributed by atoms with Gasteiger partial charge in [-0.25, -0.2) is 0 Å². The maximum absolute atomic E-state index is 12.3. The van der Waals surface area contributed by atoms with Gasteiger partial charge >= 0.3 is 0 Å². The van der Waals surface area contributed by atoms with Crippen LogP contribution in [0.1, 0.15) is 30.6 Å². The second kappa shape index (κ2) is 3.51. The molecule has 0 radical (unpaired) electrons. The van der Waals surface area contributed by atoms with Gasteiger partial charge in [-0.3, -0.25) is 4.79 Å². The maximum Gasteiger partial charge on any atom is 0.174 e. The number of benzene rings is 1. The predicted molar refractivity (Wildman–Crippen MR) is 66.4 cm³/mol. The fourth-order valence-electron chi connectivity index (χ4n) is 2.42. The number of carbonyl (C=O) groups is 1. The van der Waals surface area contributed by atoms with Gasteiger partial charge in [0.25, 0.3) is 0 Å². The molecule has 2 heterocycles. The zero-order valence-electron chi connectivity index (χ0n) is 10.6. The molecule has 4 nitrogen and oxygen atoms in total. The van der Waals surface area contributed by atoms with Gasteiger partial charge in [-0.1, -0.05) is 0 Å². The van der Waals surface area contributed by atoms with Gasteiger partial charge in [0.05, 0.1) is 25.2 Å². The molecule has 18 heavy (non-hydrogen) atoms. The fourth-order valence-corrected chi connectivity index (χ4v) is 2.42. The summed E-state index contributed by atoms with van der Waals surface area (Å²) in [6.07, 6.45) is 1.92. The lowest BCUT2D eigenvalue weighted by Gasteiger charge is -2.32. The Balaban J connectivity index is 2.33. The Bertz CT molecular complexity index is 637. The van der Waals surface area contributed by atoms with Gasteiger partial charge in [-0.15, -0.1) is 0 Å². The van der Waals surface area contributed by atoms with E-state index in [1.165, 1.54) is 0 Å². The van der Waals surface area contributed by atoms with Crippen LogP contribution in [0.3, 0.4) is 0 Å². The van der Waals surface area contributed by atoms with Crippen LogP contribution in [0.2, 0.25) is 0 Å². The van der Waals surface area contributed by atoms with Gasteiger partial charge in [0.15, 0.2) is 5.78 Å². The molecule has 1 aliphatic heterocycles. The van der Waals surface area contributed by atoms with E-state index in [0.29, 0.717) is 29.1 Å². The number of carbonyl (C=O) groups excluding carboxylic acids is 1. The largest absolute Gasteiger partial charge is 0.495 e. The smallest absolute Gasteiger partial charge is 0.174 e. The van der Waals surface area contributed by atoms with Crippen LogP contribution in [-0.2, 0) is 0 Å². The van der Waals surface area contributed by atoms with Crippen molar-refractivity contribution in [3.05, 3.63) is 24.0 Å². The molecule has 1 aromatic carbocycles. The average molecular weight is 246 g/mol. The SMILES string of the molecule is COc1c2c(cc3occc13)OC(C)(C)CC2=O. The van der Waals surface area contributed by atoms with Crippen LogP contribution in [-0.4, -0.2) is 18.5 Å². The molecule has 0 amide bonds. The van der Waals surface area contributed by atoms with E-state index in [2.05, 4.69) is 0 Å². The highest BCUT2D eigenvalue weighted by Gasteiger charge is 2.35.